The average molecular weight is 1170 g/mol. The van der Waals surface area contributed by atoms with Crippen LogP contribution in [0.25, 0.3) is 11.0 Å². The van der Waals surface area contributed by atoms with Crippen LogP contribution in [-0.2, 0) is 30.4 Å². The highest BCUT2D eigenvalue weighted by atomic mass is 32.1. The number of piperidine rings is 1. The minimum absolute atomic E-state index is 0.00111. The maximum atomic E-state index is 14.6. The number of aryl methyl sites for hydroxylation is 1. The minimum atomic E-state index is -0.862. The molecule has 5 aromatic rings. The molecule has 3 aliphatic heterocycles. The third-order valence-corrected chi connectivity index (χ3v) is 19.3. The summed E-state index contributed by atoms with van der Waals surface area (Å²) in [5.41, 5.74) is 3.42. The van der Waals surface area contributed by atoms with Crippen LogP contribution in [0, 0.1) is 24.6 Å². The first-order valence-corrected chi connectivity index (χ1v) is 31.2. The number of halogens is 1. The fourth-order valence-corrected chi connectivity index (χ4v) is 14.2. The summed E-state index contributed by atoms with van der Waals surface area (Å²) in [6, 6.07) is 7.31. The molecule has 1 aromatic carbocycles. The van der Waals surface area contributed by atoms with Crippen LogP contribution in [-0.4, -0.2) is 157 Å². The number of aromatic nitrogens is 5. The molecule has 1 N–H and O–H groups in total. The molecule has 5 aliphatic rings. The molecular weight excluding hydrogens is 1090 g/mol. The van der Waals surface area contributed by atoms with Crippen molar-refractivity contribution in [1.82, 2.24) is 49.4 Å². The molecule has 7 heterocycles. The second-order valence-electron chi connectivity index (χ2n) is 23.8. The molecule has 10 rings (SSSR count). The first kappa shape index (κ1) is 60.0. The number of thiazole rings is 1. The Morgan fingerprint density at radius 2 is 1.51 bits per heavy atom. The standard InChI is InChI=1S/C63H78FN11O8S/c1-39-49-36-66-53(68-59(49)75(47-14-8-9-15-47)62(82)56(39)41(3)76)34-46-23-24-48(35-65-46)72-30-32-73(33-31-72)55(79)37-71-28-25-42(26-29-71)52(77)17-10-18-54(78)70(4)40(2)60(81)69-57(43-12-6-5-7-13-43)63(83)74-27-11-16-51(74)61-67-50(38-84-61)58(80)44-19-21-45(64)22-20-44/h19-24,35-36,38,40,42-43,47,51,57H,5-18,25-34,37H2,1-4H3,(H,69,81)/t40-,51-,57-/m0/s1. The van der Waals surface area contributed by atoms with E-state index < -0.39 is 23.8 Å². The van der Waals surface area contributed by atoms with Crippen LogP contribution in [0.15, 0.2) is 59.0 Å². The SMILES string of the molecule is CC(=O)c1c(C)c2cnc(Cc3ccc(N4CCN(C(=O)CN5CCC(C(=O)CCCC(=O)N(C)[C@@H](C)C(=O)N[C@H](C(=O)N6CCC[C@H]6c6nc(C(=O)c7ccc(F)cc7)cs6)C6CCCCC6)CC5)CC4)cn3)nc2n(C2CCCC2)c1=O. The summed E-state index contributed by atoms with van der Waals surface area (Å²) in [6.45, 7) is 9.41. The molecule has 3 atom stereocenters. The van der Waals surface area contributed by atoms with Crippen LogP contribution in [0.4, 0.5) is 10.1 Å². The lowest BCUT2D eigenvalue weighted by atomic mass is 9.83. The predicted molar refractivity (Wildman–Crippen MR) is 316 cm³/mol. The number of pyridine rings is 2. The van der Waals surface area contributed by atoms with Gasteiger partial charge in [-0.05, 0) is 140 Å². The highest BCUT2D eigenvalue weighted by Gasteiger charge is 2.41. The van der Waals surface area contributed by atoms with Crippen molar-refractivity contribution in [1.29, 1.82) is 0 Å². The quantitative estimate of drug-likeness (QED) is 0.0742. The van der Waals surface area contributed by atoms with Gasteiger partial charge >= 0.3 is 0 Å². The topological polar surface area (TPSA) is 221 Å². The smallest absolute Gasteiger partial charge is 0.263 e. The maximum absolute atomic E-state index is 14.6. The summed E-state index contributed by atoms with van der Waals surface area (Å²) < 4.78 is 15.3. The Hall–Kier alpha value is -7.13. The lowest BCUT2D eigenvalue weighted by Gasteiger charge is -2.38. The van der Waals surface area contributed by atoms with Crippen molar-refractivity contribution in [2.75, 3.05) is 64.3 Å². The van der Waals surface area contributed by atoms with Gasteiger partial charge in [0.2, 0.25) is 29.4 Å². The number of anilines is 1. The van der Waals surface area contributed by atoms with E-state index in [1.165, 1.54) is 47.4 Å². The molecular formula is C63H78FN11O8S. The van der Waals surface area contributed by atoms with Crippen molar-refractivity contribution in [2.45, 2.75) is 154 Å². The van der Waals surface area contributed by atoms with E-state index in [0.717, 1.165) is 75.6 Å². The lowest BCUT2D eigenvalue weighted by molar-refractivity contribution is -0.142. The van der Waals surface area contributed by atoms with E-state index in [4.69, 9.17) is 9.97 Å². The van der Waals surface area contributed by atoms with Crippen molar-refractivity contribution in [2.24, 2.45) is 11.8 Å². The molecule has 21 heteroatoms. The number of likely N-dealkylation sites (N-methyl/N-ethyl adjacent to an activating group) is 1. The largest absolute Gasteiger partial charge is 0.367 e. The number of benzene rings is 1. The molecule has 0 bridgehead atoms. The highest BCUT2D eigenvalue weighted by molar-refractivity contribution is 7.10. The number of nitrogens with one attached hydrogen (secondary N) is 1. The molecule has 4 aromatic heterocycles. The molecule has 446 valence electrons. The molecule has 0 radical (unpaired) electrons. The van der Waals surface area contributed by atoms with Gasteiger partial charge in [0.25, 0.3) is 5.56 Å². The Morgan fingerprint density at radius 1 is 0.798 bits per heavy atom. The second kappa shape index (κ2) is 26.8. The minimum Gasteiger partial charge on any atom is -0.367 e. The molecule has 0 unspecified atom stereocenters. The van der Waals surface area contributed by atoms with Gasteiger partial charge in [-0.1, -0.05) is 32.1 Å². The predicted octanol–water partition coefficient (Wildman–Crippen LogP) is 7.61. The zero-order valence-electron chi connectivity index (χ0n) is 48.9. The van der Waals surface area contributed by atoms with E-state index >= 15 is 0 Å². The summed E-state index contributed by atoms with van der Waals surface area (Å²) in [5, 5.41) is 6.10. The normalized spacial score (nSPS) is 19.2. The molecule has 0 spiro atoms. The molecule has 84 heavy (non-hydrogen) atoms. The Labute approximate surface area is 493 Å². The van der Waals surface area contributed by atoms with Crippen LogP contribution in [0.3, 0.4) is 0 Å². The maximum Gasteiger partial charge on any atom is 0.263 e. The van der Waals surface area contributed by atoms with Gasteiger partial charge in [0.05, 0.1) is 36.5 Å². The monoisotopic (exact) mass is 1170 g/mol. The lowest BCUT2D eigenvalue weighted by Crippen LogP contribution is -2.56. The number of nitrogens with zero attached hydrogens (tertiary/aromatic N) is 10. The van der Waals surface area contributed by atoms with E-state index in [2.05, 4.69) is 25.1 Å². The zero-order valence-corrected chi connectivity index (χ0v) is 49.7. The van der Waals surface area contributed by atoms with Crippen LogP contribution in [0.5, 0.6) is 0 Å². The van der Waals surface area contributed by atoms with E-state index in [1.54, 1.807) is 41.9 Å². The Bertz CT molecular complexity index is 3310. The van der Waals surface area contributed by atoms with Crippen LogP contribution in [0.2, 0.25) is 0 Å². The van der Waals surface area contributed by atoms with Gasteiger partial charge in [0.15, 0.2) is 5.78 Å². The number of ketones is 3. The highest BCUT2D eigenvalue weighted by Crippen LogP contribution is 2.37. The molecule has 2 aliphatic carbocycles. The first-order valence-electron chi connectivity index (χ1n) is 30.3. The number of likely N-dealkylation sites (tertiary alicyclic amines) is 2. The second-order valence-corrected chi connectivity index (χ2v) is 24.7. The fourth-order valence-electron chi connectivity index (χ4n) is 13.2. The number of carbonyl (C=O) groups excluding carboxylic acids is 7. The third-order valence-electron chi connectivity index (χ3n) is 18.4. The van der Waals surface area contributed by atoms with Gasteiger partial charge in [-0.2, -0.15) is 0 Å². The summed E-state index contributed by atoms with van der Waals surface area (Å²) >= 11 is 1.31. The first-order chi connectivity index (χ1) is 40.5. The van der Waals surface area contributed by atoms with Crippen LogP contribution in [0.1, 0.15) is 177 Å². The number of hydrogen-bond acceptors (Lipinski definition) is 15. The van der Waals surface area contributed by atoms with Gasteiger partial charge < -0.3 is 24.9 Å². The van der Waals surface area contributed by atoms with Crippen molar-refractivity contribution >= 4 is 69.0 Å². The summed E-state index contributed by atoms with van der Waals surface area (Å²) in [4.78, 5) is 137. The molecule has 5 fully saturated rings. The van der Waals surface area contributed by atoms with Crippen molar-refractivity contribution < 1.29 is 38.0 Å². The fraction of sp³-hybridized carbons (Fsp3) is 0.556. The van der Waals surface area contributed by atoms with Crippen molar-refractivity contribution in [3.8, 4) is 0 Å². The van der Waals surface area contributed by atoms with Crippen molar-refractivity contribution in [3.05, 3.63) is 109 Å². The van der Waals surface area contributed by atoms with Gasteiger partial charge in [-0.25, -0.2) is 19.3 Å². The molecule has 3 saturated heterocycles. The zero-order chi connectivity index (χ0) is 59.2. The average Bonchev–Trinajstić information content (AvgIpc) is 2.97. The number of rotatable bonds is 20. The summed E-state index contributed by atoms with van der Waals surface area (Å²) in [6.07, 6.45) is 15.7. The number of Topliss-reactive ketones (excluding diaryl/α,β-unsaturated/α-hetero) is 2. The van der Waals surface area contributed by atoms with Crippen LogP contribution >= 0.6 is 11.3 Å². The Morgan fingerprint density at radius 3 is 2.20 bits per heavy atom. The van der Waals surface area contributed by atoms with E-state index in [1.807, 2.05) is 23.2 Å². The summed E-state index contributed by atoms with van der Waals surface area (Å²) in [5.74, 6) is -1.36. The third kappa shape index (κ3) is 13.5. The number of piperazine rings is 1. The Balaban J connectivity index is 0.642. The Kier molecular flexibility index (Phi) is 19.2. The number of carbonyl (C=O) groups is 7. The summed E-state index contributed by atoms with van der Waals surface area (Å²) in [7, 11) is 1.58. The van der Waals surface area contributed by atoms with E-state index in [-0.39, 0.29) is 88.6 Å². The van der Waals surface area contributed by atoms with E-state index in [9.17, 15) is 42.7 Å². The van der Waals surface area contributed by atoms with Gasteiger partial charge in [0.1, 0.15) is 45.9 Å². The van der Waals surface area contributed by atoms with Gasteiger partial charge in [-0.3, -0.25) is 52.8 Å². The number of fused-ring (bicyclic) bond motifs is 1. The van der Waals surface area contributed by atoms with E-state index in [0.29, 0.717) is 117 Å². The van der Waals surface area contributed by atoms with Gasteiger partial charge in [0, 0.05) is 92.8 Å². The number of amides is 4. The van der Waals surface area contributed by atoms with Crippen LogP contribution < -0.4 is 15.8 Å². The molecule has 4 amide bonds. The number of hydrogen-bond donors (Lipinski definition) is 1. The van der Waals surface area contributed by atoms with Crippen molar-refractivity contribution in [3.63, 3.8) is 0 Å². The van der Waals surface area contributed by atoms with Gasteiger partial charge in [-0.15, -0.1) is 11.3 Å². The molecule has 19 nitrogen and oxygen atoms in total. The molecule has 2 saturated carbocycles.